The Balaban J connectivity index is 1.31. The number of benzene rings is 2. The van der Waals surface area contributed by atoms with Crippen molar-refractivity contribution >= 4 is 11.9 Å². The molecule has 29 heavy (non-hydrogen) atoms. The van der Waals surface area contributed by atoms with Crippen LogP contribution in [0.5, 0.6) is 5.75 Å². The molecular formula is C21H24N6O2. The molecule has 0 atom stereocenters. The van der Waals surface area contributed by atoms with Crippen molar-refractivity contribution in [1.82, 2.24) is 25.5 Å². The quantitative estimate of drug-likeness (QED) is 0.692. The largest absolute Gasteiger partial charge is 0.497 e. The van der Waals surface area contributed by atoms with Crippen LogP contribution in [-0.4, -0.2) is 46.3 Å². The summed E-state index contributed by atoms with van der Waals surface area (Å²) in [6.07, 6.45) is 1.55. The first kappa shape index (κ1) is 18.9. The summed E-state index contributed by atoms with van der Waals surface area (Å²) in [5.41, 5.74) is 1.98. The Morgan fingerprint density at radius 2 is 1.83 bits per heavy atom. The van der Waals surface area contributed by atoms with E-state index in [9.17, 15) is 4.79 Å². The average molecular weight is 392 g/mol. The van der Waals surface area contributed by atoms with Crippen molar-refractivity contribution in [2.45, 2.75) is 19.4 Å². The summed E-state index contributed by atoms with van der Waals surface area (Å²) < 4.78 is 6.90. The Morgan fingerprint density at radius 3 is 2.52 bits per heavy atom. The van der Waals surface area contributed by atoms with Gasteiger partial charge in [0.2, 0.25) is 11.9 Å². The van der Waals surface area contributed by atoms with E-state index in [2.05, 4.69) is 25.7 Å². The minimum atomic E-state index is 0.00514. The Labute approximate surface area is 169 Å². The van der Waals surface area contributed by atoms with Gasteiger partial charge in [0.1, 0.15) is 5.75 Å². The number of amides is 1. The van der Waals surface area contributed by atoms with Gasteiger partial charge in [-0.1, -0.05) is 35.4 Å². The Kier molecular flexibility index (Phi) is 5.69. The second-order valence-electron chi connectivity index (χ2n) is 7.05. The molecule has 0 spiro atoms. The first-order valence-electron chi connectivity index (χ1n) is 9.74. The van der Waals surface area contributed by atoms with E-state index in [-0.39, 0.29) is 11.8 Å². The molecule has 0 saturated carbocycles. The summed E-state index contributed by atoms with van der Waals surface area (Å²) in [5, 5.41) is 15.2. The highest BCUT2D eigenvalue weighted by molar-refractivity contribution is 5.79. The molecule has 3 aromatic rings. The molecule has 8 heteroatoms. The molecule has 2 heterocycles. The molecule has 1 aliphatic rings. The highest BCUT2D eigenvalue weighted by atomic mass is 16.5. The van der Waals surface area contributed by atoms with Crippen molar-refractivity contribution < 1.29 is 9.53 Å². The fourth-order valence-corrected chi connectivity index (χ4v) is 3.53. The zero-order valence-corrected chi connectivity index (χ0v) is 16.4. The molecule has 0 unspecified atom stereocenters. The van der Waals surface area contributed by atoms with Crippen LogP contribution in [0.4, 0.5) is 5.95 Å². The molecule has 150 valence electrons. The average Bonchev–Trinajstić information content (AvgIpc) is 3.28. The second kappa shape index (κ2) is 8.72. The number of piperidine rings is 1. The van der Waals surface area contributed by atoms with Crippen LogP contribution in [0.15, 0.2) is 54.6 Å². The van der Waals surface area contributed by atoms with Crippen LogP contribution in [0.2, 0.25) is 0 Å². The number of para-hydroxylation sites is 1. The van der Waals surface area contributed by atoms with Crippen molar-refractivity contribution in [2.75, 3.05) is 25.1 Å². The lowest BCUT2D eigenvalue weighted by Gasteiger charge is -2.31. The van der Waals surface area contributed by atoms with Crippen LogP contribution in [0.3, 0.4) is 0 Å². The number of aromatic nitrogens is 4. The number of nitrogens with zero attached hydrogens (tertiary/aromatic N) is 5. The van der Waals surface area contributed by atoms with E-state index in [1.807, 2.05) is 54.6 Å². The summed E-state index contributed by atoms with van der Waals surface area (Å²) in [7, 11) is 1.64. The molecule has 1 fully saturated rings. The topological polar surface area (TPSA) is 85.2 Å². The van der Waals surface area contributed by atoms with Crippen LogP contribution >= 0.6 is 0 Å². The van der Waals surface area contributed by atoms with Gasteiger partial charge < -0.3 is 15.0 Å². The number of tetrazole rings is 1. The Morgan fingerprint density at radius 1 is 1.10 bits per heavy atom. The van der Waals surface area contributed by atoms with Crippen LogP contribution in [-0.2, 0) is 11.3 Å². The second-order valence-corrected chi connectivity index (χ2v) is 7.05. The van der Waals surface area contributed by atoms with Gasteiger partial charge in [0.25, 0.3) is 0 Å². The zero-order chi connectivity index (χ0) is 20.1. The summed E-state index contributed by atoms with van der Waals surface area (Å²) in [5.74, 6) is 1.63. The number of hydrogen-bond donors (Lipinski definition) is 1. The molecule has 0 radical (unpaired) electrons. The number of ether oxygens (including phenoxy) is 1. The first-order valence-corrected chi connectivity index (χ1v) is 9.74. The molecule has 2 aromatic carbocycles. The zero-order valence-electron chi connectivity index (χ0n) is 16.4. The fourth-order valence-electron chi connectivity index (χ4n) is 3.53. The smallest absolute Gasteiger partial charge is 0.250 e. The number of carbonyl (C=O) groups is 1. The van der Waals surface area contributed by atoms with Gasteiger partial charge in [0.05, 0.1) is 12.8 Å². The van der Waals surface area contributed by atoms with Gasteiger partial charge in [-0.15, -0.1) is 0 Å². The predicted molar refractivity (Wildman–Crippen MR) is 109 cm³/mol. The number of anilines is 1. The molecule has 1 amide bonds. The van der Waals surface area contributed by atoms with E-state index in [0.29, 0.717) is 12.5 Å². The molecule has 4 rings (SSSR count). The van der Waals surface area contributed by atoms with Gasteiger partial charge in [0.15, 0.2) is 0 Å². The third-order valence-electron chi connectivity index (χ3n) is 5.23. The normalized spacial score (nSPS) is 14.6. The van der Waals surface area contributed by atoms with Gasteiger partial charge in [-0.3, -0.25) is 4.79 Å². The molecule has 0 bridgehead atoms. The van der Waals surface area contributed by atoms with Gasteiger partial charge in [-0.25, -0.2) is 0 Å². The number of rotatable bonds is 6. The van der Waals surface area contributed by atoms with Gasteiger partial charge in [0, 0.05) is 25.6 Å². The molecule has 1 saturated heterocycles. The molecular weight excluding hydrogens is 368 g/mol. The maximum absolute atomic E-state index is 12.6. The highest BCUT2D eigenvalue weighted by Gasteiger charge is 2.27. The first-order chi connectivity index (χ1) is 14.2. The third kappa shape index (κ3) is 4.37. The molecule has 1 aromatic heterocycles. The summed E-state index contributed by atoms with van der Waals surface area (Å²) in [6.45, 7) is 2.01. The molecule has 0 aliphatic carbocycles. The Hall–Kier alpha value is -3.42. The lowest BCUT2D eigenvalue weighted by Crippen LogP contribution is -2.41. The van der Waals surface area contributed by atoms with Crippen molar-refractivity contribution in [3.63, 3.8) is 0 Å². The SMILES string of the molecule is COc1ccc(CNC(=O)C2CCN(c3nnnn3-c3ccccc3)CC2)cc1. The van der Waals surface area contributed by atoms with E-state index >= 15 is 0 Å². The van der Waals surface area contributed by atoms with E-state index in [1.165, 1.54) is 0 Å². The maximum Gasteiger partial charge on any atom is 0.250 e. The minimum absolute atomic E-state index is 0.00514. The van der Waals surface area contributed by atoms with Crippen molar-refractivity contribution in [2.24, 2.45) is 5.92 Å². The fraction of sp³-hybridized carbons (Fsp3) is 0.333. The predicted octanol–water partition coefficient (Wildman–Crippen LogP) is 2.20. The van der Waals surface area contributed by atoms with Crippen molar-refractivity contribution in [3.05, 3.63) is 60.2 Å². The van der Waals surface area contributed by atoms with Crippen LogP contribution in [0.1, 0.15) is 18.4 Å². The lowest BCUT2D eigenvalue weighted by atomic mass is 9.96. The summed E-state index contributed by atoms with van der Waals surface area (Å²) in [6, 6.07) is 17.5. The standard InChI is InChI=1S/C21H24N6O2/c1-29-19-9-7-16(8-10-19)15-22-20(28)17-11-13-26(14-12-17)21-23-24-25-27(21)18-5-3-2-4-6-18/h2-10,17H,11-15H2,1H3,(H,22,28). The monoisotopic (exact) mass is 392 g/mol. The van der Waals surface area contributed by atoms with E-state index in [0.717, 1.165) is 42.9 Å². The van der Waals surface area contributed by atoms with Gasteiger partial charge in [-0.05, 0) is 53.1 Å². The maximum atomic E-state index is 12.6. The minimum Gasteiger partial charge on any atom is -0.497 e. The van der Waals surface area contributed by atoms with Crippen molar-refractivity contribution in [3.8, 4) is 11.4 Å². The molecule has 1 N–H and O–H groups in total. The molecule has 8 nitrogen and oxygen atoms in total. The van der Waals surface area contributed by atoms with Crippen molar-refractivity contribution in [1.29, 1.82) is 0 Å². The van der Waals surface area contributed by atoms with Crippen LogP contribution in [0, 0.1) is 5.92 Å². The summed E-state index contributed by atoms with van der Waals surface area (Å²) in [4.78, 5) is 14.7. The number of nitrogens with one attached hydrogen (secondary N) is 1. The van der Waals surface area contributed by atoms with E-state index in [4.69, 9.17) is 4.74 Å². The van der Waals surface area contributed by atoms with E-state index in [1.54, 1.807) is 11.8 Å². The highest BCUT2D eigenvalue weighted by Crippen LogP contribution is 2.23. The van der Waals surface area contributed by atoms with E-state index < -0.39 is 0 Å². The van der Waals surface area contributed by atoms with Crippen LogP contribution in [0.25, 0.3) is 5.69 Å². The number of methoxy groups -OCH3 is 1. The number of hydrogen-bond acceptors (Lipinski definition) is 6. The third-order valence-corrected chi connectivity index (χ3v) is 5.23. The Bertz CT molecular complexity index is 933. The lowest BCUT2D eigenvalue weighted by molar-refractivity contribution is -0.125. The van der Waals surface area contributed by atoms with Crippen LogP contribution < -0.4 is 15.0 Å². The number of carbonyl (C=O) groups excluding carboxylic acids is 1. The van der Waals surface area contributed by atoms with Gasteiger partial charge in [-0.2, -0.15) is 4.68 Å². The van der Waals surface area contributed by atoms with Gasteiger partial charge >= 0.3 is 0 Å². The molecule has 1 aliphatic heterocycles. The summed E-state index contributed by atoms with van der Waals surface area (Å²) >= 11 is 0.